The van der Waals surface area contributed by atoms with Crippen molar-refractivity contribution in [3.8, 4) is 5.69 Å². The Bertz CT molecular complexity index is 602. The maximum atomic E-state index is 12.0. The second-order valence-electron chi connectivity index (χ2n) is 4.55. The molecule has 2 rings (SSSR count). The number of halogens is 2. The first-order chi connectivity index (χ1) is 9.49. The van der Waals surface area contributed by atoms with Crippen molar-refractivity contribution >= 4 is 39.1 Å². The molecule has 0 bridgehead atoms. The first-order valence-corrected chi connectivity index (χ1v) is 7.26. The normalized spacial score (nSPS) is 12.4. The molecule has 0 saturated heterocycles. The zero-order valence-corrected chi connectivity index (χ0v) is 13.3. The summed E-state index contributed by atoms with van der Waals surface area (Å²) in [6, 6.07) is 5.17. The molecule has 20 heavy (non-hydrogen) atoms. The molecule has 0 aliphatic rings. The van der Waals surface area contributed by atoms with Crippen molar-refractivity contribution in [2.24, 2.45) is 5.92 Å². The van der Waals surface area contributed by atoms with Gasteiger partial charge in [0.25, 0.3) is 0 Å². The number of benzene rings is 1. The Morgan fingerprint density at radius 3 is 2.80 bits per heavy atom. The van der Waals surface area contributed by atoms with E-state index in [0.29, 0.717) is 16.4 Å². The molecule has 0 aliphatic carbocycles. The van der Waals surface area contributed by atoms with Gasteiger partial charge in [0.05, 0.1) is 21.2 Å². The van der Waals surface area contributed by atoms with Gasteiger partial charge in [0.2, 0.25) is 5.91 Å². The van der Waals surface area contributed by atoms with Crippen LogP contribution in [0.3, 0.4) is 0 Å². The van der Waals surface area contributed by atoms with E-state index in [4.69, 9.17) is 11.6 Å². The Morgan fingerprint density at radius 2 is 2.20 bits per heavy atom. The van der Waals surface area contributed by atoms with Crippen molar-refractivity contribution in [3.05, 3.63) is 29.5 Å². The van der Waals surface area contributed by atoms with Crippen LogP contribution in [0.1, 0.15) is 13.8 Å². The van der Waals surface area contributed by atoms with Crippen LogP contribution in [0.5, 0.6) is 0 Å². The summed E-state index contributed by atoms with van der Waals surface area (Å²) in [6.07, 6.45) is 1.47. The highest BCUT2D eigenvalue weighted by Crippen LogP contribution is 2.25. The minimum absolute atomic E-state index is 0.143. The summed E-state index contributed by atoms with van der Waals surface area (Å²) in [7, 11) is 0. The lowest BCUT2D eigenvalue weighted by molar-refractivity contribution is -0.116. The predicted octanol–water partition coefficient (Wildman–Crippen LogP) is 2.67. The number of anilines is 1. The molecule has 1 heterocycles. The maximum Gasteiger partial charge on any atom is 0.238 e. The van der Waals surface area contributed by atoms with Crippen LogP contribution in [0.25, 0.3) is 5.69 Å². The maximum absolute atomic E-state index is 12.0. The van der Waals surface area contributed by atoms with Crippen LogP contribution in [0.4, 0.5) is 5.69 Å². The lowest BCUT2D eigenvalue weighted by Gasteiger charge is -2.15. The van der Waals surface area contributed by atoms with Gasteiger partial charge < -0.3 is 5.32 Å². The Labute approximate surface area is 129 Å². The lowest BCUT2D eigenvalue weighted by atomic mass is 10.1. The largest absolute Gasteiger partial charge is 0.324 e. The predicted molar refractivity (Wildman–Crippen MR) is 80.3 cm³/mol. The SMILES string of the molecule is CC(C)C(Br)C(=O)Nc1cc(-n2cnnn2)ccc1Cl. The highest BCUT2D eigenvalue weighted by molar-refractivity contribution is 9.10. The molecule has 1 atom stereocenters. The number of carbonyl (C=O) groups excluding carboxylic acids is 1. The molecule has 1 aromatic heterocycles. The van der Waals surface area contributed by atoms with Crippen LogP contribution in [0.15, 0.2) is 24.5 Å². The monoisotopic (exact) mass is 357 g/mol. The van der Waals surface area contributed by atoms with Gasteiger partial charge in [-0.1, -0.05) is 41.4 Å². The van der Waals surface area contributed by atoms with E-state index < -0.39 is 0 Å². The smallest absolute Gasteiger partial charge is 0.238 e. The zero-order chi connectivity index (χ0) is 14.7. The average molecular weight is 359 g/mol. The van der Waals surface area contributed by atoms with Crippen molar-refractivity contribution in [3.63, 3.8) is 0 Å². The fourth-order valence-corrected chi connectivity index (χ4v) is 1.81. The van der Waals surface area contributed by atoms with Gasteiger partial charge in [-0.3, -0.25) is 4.79 Å². The van der Waals surface area contributed by atoms with E-state index in [1.165, 1.54) is 11.0 Å². The molecule has 6 nitrogen and oxygen atoms in total. The molecule has 0 radical (unpaired) electrons. The third-order valence-electron chi connectivity index (χ3n) is 2.66. The van der Waals surface area contributed by atoms with Gasteiger partial charge in [0.1, 0.15) is 6.33 Å². The minimum atomic E-state index is -0.282. The van der Waals surface area contributed by atoms with E-state index in [0.717, 1.165) is 0 Å². The quantitative estimate of drug-likeness (QED) is 0.853. The van der Waals surface area contributed by atoms with Crippen LogP contribution in [0.2, 0.25) is 5.02 Å². The van der Waals surface area contributed by atoms with Gasteiger partial charge in [-0.25, -0.2) is 4.68 Å². The third-order valence-corrected chi connectivity index (χ3v) is 4.46. The molecular weight excluding hydrogens is 346 g/mol. The zero-order valence-electron chi connectivity index (χ0n) is 10.9. The molecule has 0 saturated carbocycles. The fourth-order valence-electron chi connectivity index (χ4n) is 1.54. The number of nitrogens with zero attached hydrogens (tertiary/aromatic N) is 4. The minimum Gasteiger partial charge on any atom is -0.324 e. The molecule has 106 valence electrons. The second-order valence-corrected chi connectivity index (χ2v) is 5.95. The van der Waals surface area contributed by atoms with Gasteiger partial charge >= 0.3 is 0 Å². The molecule has 8 heteroatoms. The Balaban J connectivity index is 2.24. The van der Waals surface area contributed by atoms with E-state index >= 15 is 0 Å². The number of amides is 1. The summed E-state index contributed by atoms with van der Waals surface area (Å²) in [4.78, 5) is 11.8. The van der Waals surface area contributed by atoms with Crippen LogP contribution >= 0.6 is 27.5 Å². The van der Waals surface area contributed by atoms with E-state index in [2.05, 4.69) is 36.8 Å². The lowest BCUT2D eigenvalue weighted by Crippen LogP contribution is -2.27. The average Bonchev–Trinajstić information content (AvgIpc) is 2.94. The summed E-state index contributed by atoms with van der Waals surface area (Å²) in [5.74, 6) is 0.0345. The molecule has 1 aromatic carbocycles. The second kappa shape index (κ2) is 6.32. The highest BCUT2D eigenvalue weighted by Gasteiger charge is 2.19. The Hall–Kier alpha value is -1.47. The molecule has 0 fully saturated rings. The molecule has 0 aliphatic heterocycles. The van der Waals surface area contributed by atoms with Crippen molar-refractivity contribution in [1.29, 1.82) is 0 Å². The molecule has 1 amide bonds. The Morgan fingerprint density at radius 1 is 1.45 bits per heavy atom. The first kappa shape index (κ1) is 14.9. The van der Waals surface area contributed by atoms with E-state index in [-0.39, 0.29) is 16.7 Å². The summed E-state index contributed by atoms with van der Waals surface area (Å²) >= 11 is 9.45. The van der Waals surface area contributed by atoms with Gasteiger partial charge in [-0.15, -0.1) is 5.10 Å². The van der Waals surface area contributed by atoms with E-state index in [9.17, 15) is 4.79 Å². The number of alkyl halides is 1. The Kier molecular flexibility index (Phi) is 4.72. The number of rotatable bonds is 4. The van der Waals surface area contributed by atoms with Crippen LogP contribution in [-0.4, -0.2) is 30.9 Å². The standard InChI is InChI=1S/C12H13BrClN5O/c1-7(2)11(13)12(20)16-10-5-8(3-4-9(10)14)19-6-15-17-18-19/h3-7,11H,1-2H3,(H,16,20). The topological polar surface area (TPSA) is 72.7 Å². The highest BCUT2D eigenvalue weighted by atomic mass is 79.9. The number of carbonyl (C=O) groups is 1. The van der Waals surface area contributed by atoms with Crippen molar-refractivity contribution in [2.75, 3.05) is 5.32 Å². The number of aromatic nitrogens is 4. The van der Waals surface area contributed by atoms with Crippen LogP contribution in [-0.2, 0) is 4.79 Å². The van der Waals surface area contributed by atoms with Gasteiger partial charge in [-0.05, 0) is 34.5 Å². The summed E-state index contributed by atoms with van der Waals surface area (Å²) in [6.45, 7) is 3.91. The molecule has 0 spiro atoms. The van der Waals surface area contributed by atoms with E-state index in [1.807, 2.05) is 13.8 Å². The van der Waals surface area contributed by atoms with Crippen LogP contribution in [0, 0.1) is 5.92 Å². The molecule has 1 unspecified atom stereocenters. The fraction of sp³-hybridized carbons (Fsp3) is 0.333. The number of tetrazole rings is 1. The summed E-state index contributed by atoms with van der Waals surface area (Å²) < 4.78 is 1.49. The van der Waals surface area contributed by atoms with Gasteiger partial charge in [0.15, 0.2) is 0 Å². The number of hydrogen-bond donors (Lipinski definition) is 1. The molecular formula is C12H13BrClN5O. The molecule has 1 N–H and O–H groups in total. The van der Waals surface area contributed by atoms with Crippen LogP contribution < -0.4 is 5.32 Å². The van der Waals surface area contributed by atoms with Crippen molar-refractivity contribution < 1.29 is 4.79 Å². The van der Waals surface area contributed by atoms with Crippen molar-refractivity contribution in [2.45, 2.75) is 18.7 Å². The van der Waals surface area contributed by atoms with Gasteiger partial charge in [-0.2, -0.15) is 0 Å². The number of nitrogens with one attached hydrogen (secondary N) is 1. The van der Waals surface area contributed by atoms with E-state index in [1.54, 1.807) is 18.2 Å². The molecule has 2 aromatic rings. The number of hydrogen-bond acceptors (Lipinski definition) is 4. The summed E-state index contributed by atoms with van der Waals surface area (Å²) in [5, 5.41) is 14.2. The first-order valence-electron chi connectivity index (χ1n) is 5.97. The third kappa shape index (κ3) is 3.34. The van der Waals surface area contributed by atoms with Gasteiger partial charge in [0, 0.05) is 0 Å². The van der Waals surface area contributed by atoms with Crippen molar-refractivity contribution in [1.82, 2.24) is 20.2 Å². The summed E-state index contributed by atoms with van der Waals surface area (Å²) in [5.41, 5.74) is 1.24.